The quantitative estimate of drug-likeness (QED) is 0.847. The molecule has 3 nitrogen and oxygen atoms in total. The molecule has 0 saturated carbocycles. The van der Waals surface area contributed by atoms with Crippen LogP contribution in [0.3, 0.4) is 0 Å². The number of rotatable bonds is 4. The Labute approximate surface area is 126 Å². The summed E-state index contributed by atoms with van der Waals surface area (Å²) in [7, 11) is -3.69. The zero-order valence-corrected chi connectivity index (χ0v) is 12.4. The largest absolute Gasteiger partial charge is 0.573 e. The van der Waals surface area contributed by atoms with Crippen LogP contribution in [0.4, 0.5) is 13.2 Å². The van der Waals surface area contributed by atoms with Crippen molar-refractivity contribution in [1.29, 1.82) is 0 Å². The molecule has 7 heteroatoms. The minimum atomic E-state index is -4.82. The summed E-state index contributed by atoms with van der Waals surface area (Å²) >= 11 is 0. The molecule has 0 heterocycles. The summed E-state index contributed by atoms with van der Waals surface area (Å²) in [6.45, 7) is 1.43. The van der Waals surface area contributed by atoms with Gasteiger partial charge in [0.25, 0.3) is 0 Å². The van der Waals surface area contributed by atoms with Crippen molar-refractivity contribution < 1.29 is 26.3 Å². The highest BCUT2D eigenvalue weighted by Crippen LogP contribution is 2.31. The Morgan fingerprint density at radius 1 is 1.00 bits per heavy atom. The molecule has 0 radical (unpaired) electrons. The Balaban J connectivity index is 2.34. The van der Waals surface area contributed by atoms with Crippen LogP contribution in [0.2, 0.25) is 0 Å². The van der Waals surface area contributed by atoms with Crippen molar-refractivity contribution in [2.24, 2.45) is 0 Å². The van der Waals surface area contributed by atoms with Crippen molar-refractivity contribution >= 4 is 9.84 Å². The van der Waals surface area contributed by atoms with Gasteiger partial charge < -0.3 is 4.74 Å². The van der Waals surface area contributed by atoms with Gasteiger partial charge in [-0.25, -0.2) is 8.42 Å². The first-order chi connectivity index (χ1) is 10.2. The highest BCUT2D eigenvalue weighted by atomic mass is 32.2. The molecule has 0 bridgehead atoms. The molecule has 118 valence electrons. The van der Waals surface area contributed by atoms with E-state index in [0.29, 0.717) is 0 Å². The topological polar surface area (TPSA) is 43.4 Å². The molecule has 0 aliphatic heterocycles. The molecule has 0 N–H and O–H groups in total. The summed E-state index contributed by atoms with van der Waals surface area (Å²) in [4.78, 5) is 0.115. The average molecular weight is 330 g/mol. The molecule has 0 saturated heterocycles. The molecule has 0 aromatic heterocycles. The van der Waals surface area contributed by atoms with Crippen LogP contribution in [-0.2, 0) is 9.84 Å². The van der Waals surface area contributed by atoms with Crippen molar-refractivity contribution in [3.63, 3.8) is 0 Å². The summed E-state index contributed by atoms with van der Waals surface area (Å²) < 4.78 is 65.4. The van der Waals surface area contributed by atoms with Crippen LogP contribution >= 0.6 is 0 Å². The summed E-state index contributed by atoms with van der Waals surface area (Å²) in [5.41, 5.74) is 0.227. The SMILES string of the molecule is CC(c1cccc(OC(F)(F)F)c1)S(=O)(=O)c1ccccc1. The molecular weight excluding hydrogens is 317 g/mol. The lowest BCUT2D eigenvalue weighted by Crippen LogP contribution is -2.17. The van der Waals surface area contributed by atoms with E-state index in [1.54, 1.807) is 18.2 Å². The van der Waals surface area contributed by atoms with Crippen molar-refractivity contribution in [2.45, 2.75) is 23.4 Å². The third-order valence-electron chi connectivity index (χ3n) is 3.10. The molecule has 0 amide bonds. The van der Waals surface area contributed by atoms with E-state index in [2.05, 4.69) is 4.74 Å². The standard InChI is InChI=1S/C15H13F3O3S/c1-11(22(19,20)14-8-3-2-4-9-14)12-6-5-7-13(10-12)21-15(16,17)18/h2-11H,1H3. The van der Waals surface area contributed by atoms with Crippen LogP contribution < -0.4 is 4.74 Å². The second-order valence-electron chi connectivity index (χ2n) is 4.62. The normalized spacial score (nSPS) is 13.6. The lowest BCUT2D eigenvalue weighted by molar-refractivity contribution is -0.274. The third-order valence-corrected chi connectivity index (χ3v) is 5.23. The smallest absolute Gasteiger partial charge is 0.406 e. The fourth-order valence-electron chi connectivity index (χ4n) is 1.96. The van der Waals surface area contributed by atoms with Gasteiger partial charge in [-0.05, 0) is 36.8 Å². The Morgan fingerprint density at radius 3 is 2.23 bits per heavy atom. The molecule has 1 atom stereocenters. The van der Waals surface area contributed by atoms with Gasteiger partial charge in [0.1, 0.15) is 5.75 Å². The van der Waals surface area contributed by atoms with Gasteiger partial charge in [-0.2, -0.15) is 0 Å². The first-order valence-electron chi connectivity index (χ1n) is 6.35. The van der Waals surface area contributed by atoms with Crippen LogP contribution in [0, 0.1) is 0 Å². The number of hydrogen-bond donors (Lipinski definition) is 0. The molecule has 2 aromatic carbocycles. The van der Waals surface area contributed by atoms with Crippen LogP contribution in [0.1, 0.15) is 17.7 Å². The van der Waals surface area contributed by atoms with Crippen molar-refractivity contribution in [2.75, 3.05) is 0 Å². The Morgan fingerprint density at radius 2 is 1.64 bits per heavy atom. The molecule has 0 spiro atoms. The van der Waals surface area contributed by atoms with Crippen LogP contribution in [0.5, 0.6) is 5.75 Å². The summed E-state index contributed by atoms with van der Waals surface area (Å²) in [5, 5.41) is -0.994. The third kappa shape index (κ3) is 3.79. The van der Waals surface area contributed by atoms with E-state index < -0.39 is 27.2 Å². The van der Waals surface area contributed by atoms with Crippen LogP contribution in [-0.4, -0.2) is 14.8 Å². The predicted octanol–water partition coefficient (Wildman–Crippen LogP) is 4.12. The molecule has 1 unspecified atom stereocenters. The van der Waals surface area contributed by atoms with Gasteiger partial charge in [-0.15, -0.1) is 13.2 Å². The zero-order valence-electron chi connectivity index (χ0n) is 11.5. The Kier molecular flexibility index (Phi) is 4.46. The van der Waals surface area contributed by atoms with E-state index in [-0.39, 0.29) is 10.5 Å². The lowest BCUT2D eigenvalue weighted by atomic mass is 10.1. The summed E-state index contributed by atoms with van der Waals surface area (Å²) in [6.07, 6.45) is -4.82. The molecule has 0 aliphatic rings. The van der Waals surface area contributed by atoms with Gasteiger partial charge in [0, 0.05) is 0 Å². The highest BCUT2D eigenvalue weighted by Gasteiger charge is 2.32. The van der Waals surface area contributed by atoms with E-state index >= 15 is 0 Å². The molecular formula is C15H13F3O3S. The molecule has 0 fully saturated rings. The maximum atomic E-state index is 12.5. The number of benzene rings is 2. The zero-order chi connectivity index (χ0) is 16.4. The minimum Gasteiger partial charge on any atom is -0.406 e. The minimum absolute atomic E-state index is 0.115. The van der Waals surface area contributed by atoms with E-state index in [4.69, 9.17) is 0 Å². The second kappa shape index (κ2) is 6.00. The van der Waals surface area contributed by atoms with Crippen LogP contribution in [0.25, 0.3) is 0 Å². The van der Waals surface area contributed by atoms with E-state index in [1.807, 2.05) is 0 Å². The number of ether oxygens (including phenoxy) is 1. The van der Waals surface area contributed by atoms with Gasteiger partial charge in [0.05, 0.1) is 10.1 Å². The number of alkyl halides is 3. The van der Waals surface area contributed by atoms with Crippen molar-refractivity contribution in [3.8, 4) is 5.75 Å². The number of sulfone groups is 1. The maximum absolute atomic E-state index is 12.5. The molecule has 2 rings (SSSR count). The Hall–Kier alpha value is -2.02. The van der Waals surface area contributed by atoms with Gasteiger partial charge >= 0.3 is 6.36 Å². The predicted molar refractivity (Wildman–Crippen MR) is 75.2 cm³/mol. The van der Waals surface area contributed by atoms with Gasteiger partial charge in [0.2, 0.25) is 0 Å². The van der Waals surface area contributed by atoms with E-state index in [0.717, 1.165) is 12.1 Å². The second-order valence-corrected chi connectivity index (χ2v) is 6.89. The Bertz CT molecular complexity index is 740. The average Bonchev–Trinajstić information content (AvgIpc) is 2.46. The van der Waals surface area contributed by atoms with Crippen molar-refractivity contribution in [3.05, 3.63) is 60.2 Å². The van der Waals surface area contributed by atoms with Gasteiger partial charge in [-0.3, -0.25) is 0 Å². The molecule has 2 aromatic rings. The van der Waals surface area contributed by atoms with Crippen LogP contribution in [0.15, 0.2) is 59.5 Å². The van der Waals surface area contributed by atoms with Gasteiger partial charge in [0.15, 0.2) is 9.84 Å². The first kappa shape index (κ1) is 16.4. The number of hydrogen-bond acceptors (Lipinski definition) is 3. The van der Waals surface area contributed by atoms with E-state index in [9.17, 15) is 21.6 Å². The fraction of sp³-hybridized carbons (Fsp3) is 0.200. The maximum Gasteiger partial charge on any atom is 0.573 e. The van der Waals surface area contributed by atoms with Crippen molar-refractivity contribution in [1.82, 2.24) is 0 Å². The summed E-state index contributed by atoms with van der Waals surface area (Å²) in [6, 6.07) is 12.7. The monoisotopic (exact) mass is 330 g/mol. The first-order valence-corrected chi connectivity index (χ1v) is 7.89. The van der Waals surface area contributed by atoms with Gasteiger partial charge in [-0.1, -0.05) is 30.3 Å². The fourth-order valence-corrected chi connectivity index (χ4v) is 3.41. The lowest BCUT2D eigenvalue weighted by Gasteiger charge is -2.15. The molecule has 22 heavy (non-hydrogen) atoms. The highest BCUT2D eigenvalue weighted by molar-refractivity contribution is 7.91. The van der Waals surface area contributed by atoms with E-state index in [1.165, 1.54) is 31.2 Å². The molecule has 0 aliphatic carbocycles. The summed E-state index contributed by atoms with van der Waals surface area (Å²) in [5.74, 6) is -0.444. The number of halogens is 3.